The Bertz CT molecular complexity index is 501. The van der Waals surface area contributed by atoms with Crippen molar-refractivity contribution in [1.82, 2.24) is 5.48 Å². The lowest BCUT2D eigenvalue weighted by molar-refractivity contribution is -0.136. The van der Waals surface area contributed by atoms with E-state index in [0.717, 1.165) is 5.56 Å². The van der Waals surface area contributed by atoms with Crippen molar-refractivity contribution in [3.8, 4) is 0 Å². The van der Waals surface area contributed by atoms with E-state index >= 15 is 0 Å². The van der Waals surface area contributed by atoms with Gasteiger partial charge in [0.1, 0.15) is 0 Å². The quantitative estimate of drug-likeness (QED) is 0.659. The van der Waals surface area contributed by atoms with Gasteiger partial charge < -0.3 is 0 Å². The summed E-state index contributed by atoms with van der Waals surface area (Å²) in [5, 5.41) is 0. The molecular weight excluding hydrogens is 250 g/mol. The molecule has 0 aliphatic heterocycles. The zero-order chi connectivity index (χ0) is 14.8. The third-order valence-electron chi connectivity index (χ3n) is 3.96. The van der Waals surface area contributed by atoms with Gasteiger partial charge in [-0.15, -0.1) is 0 Å². The highest BCUT2D eigenvalue weighted by Crippen LogP contribution is 2.59. The first kappa shape index (κ1) is 14.8. The molecule has 0 radical (unpaired) electrons. The molecule has 1 aliphatic carbocycles. The van der Waals surface area contributed by atoms with Gasteiger partial charge in [-0.25, -0.2) is 5.48 Å². The third kappa shape index (κ3) is 3.28. The molecule has 2 atom stereocenters. The van der Waals surface area contributed by atoms with Gasteiger partial charge in [0.25, 0.3) is 0 Å². The Morgan fingerprint density at radius 3 is 2.55 bits per heavy atom. The number of hydroxylamine groups is 1. The lowest BCUT2D eigenvalue weighted by Gasteiger charge is -2.06. The van der Waals surface area contributed by atoms with E-state index in [1.165, 1.54) is 5.57 Å². The van der Waals surface area contributed by atoms with Gasteiger partial charge in [0, 0.05) is 0 Å². The first-order valence-corrected chi connectivity index (χ1v) is 7.03. The van der Waals surface area contributed by atoms with Gasteiger partial charge in [0.05, 0.1) is 12.5 Å². The number of rotatable bonds is 5. The summed E-state index contributed by atoms with van der Waals surface area (Å²) >= 11 is 0. The molecule has 1 amide bonds. The molecule has 0 aromatic heterocycles. The molecule has 1 N–H and O–H groups in total. The topological polar surface area (TPSA) is 38.3 Å². The largest absolute Gasteiger partial charge is 0.272 e. The summed E-state index contributed by atoms with van der Waals surface area (Å²) in [5.74, 6) is 0.300. The number of nitrogens with one attached hydrogen (secondary N) is 1. The molecule has 1 saturated carbocycles. The average Bonchev–Trinajstić information content (AvgIpc) is 2.91. The Morgan fingerprint density at radius 2 is 1.95 bits per heavy atom. The van der Waals surface area contributed by atoms with Crippen molar-refractivity contribution < 1.29 is 9.63 Å². The molecule has 2 rings (SSSR count). The molecule has 3 nitrogen and oxygen atoms in total. The second-order valence-corrected chi connectivity index (χ2v) is 6.31. The third-order valence-corrected chi connectivity index (χ3v) is 3.96. The summed E-state index contributed by atoms with van der Waals surface area (Å²) in [6, 6.07) is 9.81. The van der Waals surface area contributed by atoms with Crippen molar-refractivity contribution in [2.45, 2.75) is 34.3 Å². The van der Waals surface area contributed by atoms with Crippen molar-refractivity contribution >= 4 is 5.91 Å². The van der Waals surface area contributed by atoms with E-state index in [1.807, 2.05) is 30.3 Å². The van der Waals surface area contributed by atoms with E-state index in [1.54, 1.807) is 0 Å². The number of hydrogen-bond acceptors (Lipinski definition) is 2. The monoisotopic (exact) mass is 273 g/mol. The number of benzene rings is 1. The second-order valence-electron chi connectivity index (χ2n) is 6.31. The van der Waals surface area contributed by atoms with Crippen LogP contribution in [0, 0.1) is 17.3 Å². The minimum atomic E-state index is -0.0200. The summed E-state index contributed by atoms with van der Waals surface area (Å²) < 4.78 is 0. The van der Waals surface area contributed by atoms with E-state index in [2.05, 4.69) is 39.3 Å². The summed E-state index contributed by atoms with van der Waals surface area (Å²) in [7, 11) is 0. The Hall–Kier alpha value is -1.61. The van der Waals surface area contributed by atoms with Gasteiger partial charge in [-0.05, 0) is 30.7 Å². The number of hydrogen-bond donors (Lipinski definition) is 1. The van der Waals surface area contributed by atoms with E-state index in [-0.39, 0.29) is 17.2 Å². The van der Waals surface area contributed by atoms with Crippen molar-refractivity contribution in [1.29, 1.82) is 0 Å². The molecule has 1 fully saturated rings. The molecule has 1 aliphatic rings. The summed E-state index contributed by atoms with van der Waals surface area (Å²) in [5.41, 5.74) is 4.91. The highest BCUT2D eigenvalue weighted by atomic mass is 16.6. The fraction of sp³-hybridized carbons (Fsp3) is 0.471. The van der Waals surface area contributed by atoms with E-state index in [0.29, 0.717) is 12.5 Å². The lowest BCUT2D eigenvalue weighted by atomic mass is 10.1. The van der Waals surface area contributed by atoms with Crippen molar-refractivity contribution in [3.63, 3.8) is 0 Å². The SMILES string of the molecule is CC(C)=C[C@H]1[C@@H](C(=O)NOCc2ccccc2)C1(C)C. The van der Waals surface area contributed by atoms with Crippen LogP contribution in [-0.2, 0) is 16.2 Å². The Labute approximate surface area is 121 Å². The van der Waals surface area contributed by atoms with Crippen LogP contribution in [0.2, 0.25) is 0 Å². The van der Waals surface area contributed by atoms with Gasteiger partial charge in [-0.3, -0.25) is 9.63 Å². The molecule has 1 aromatic rings. The molecule has 0 spiro atoms. The van der Waals surface area contributed by atoms with Crippen LogP contribution >= 0.6 is 0 Å². The number of amides is 1. The zero-order valence-electron chi connectivity index (χ0n) is 12.6. The van der Waals surface area contributed by atoms with Crippen LogP contribution < -0.4 is 5.48 Å². The average molecular weight is 273 g/mol. The normalized spacial score (nSPS) is 23.0. The van der Waals surface area contributed by atoms with Crippen LogP contribution in [0.4, 0.5) is 0 Å². The molecule has 108 valence electrons. The Kier molecular flexibility index (Phi) is 4.29. The number of carbonyl (C=O) groups is 1. The molecule has 0 unspecified atom stereocenters. The summed E-state index contributed by atoms with van der Waals surface area (Å²) in [6.45, 7) is 8.77. The first-order valence-electron chi connectivity index (χ1n) is 7.03. The second kappa shape index (κ2) is 5.80. The van der Waals surface area contributed by atoms with E-state index in [9.17, 15) is 4.79 Å². The predicted molar refractivity (Wildman–Crippen MR) is 79.6 cm³/mol. The maximum absolute atomic E-state index is 12.1. The lowest BCUT2D eigenvalue weighted by Crippen LogP contribution is -2.27. The van der Waals surface area contributed by atoms with Crippen molar-refractivity contribution in [2.75, 3.05) is 0 Å². The predicted octanol–water partition coefficient (Wildman–Crippen LogP) is 3.47. The maximum Gasteiger partial charge on any atom is 0.247 e. The van der Waals surface area contributed by atoms with Gasteiger partial charge in [0.15, 0.2) is 0 Å². The maximum atomic E-state index is 12.1. The van der Waals surface area contributed by atoms with Crippen molar-refractivity contribution in [2.24, 2.45) is 17.3 Å². The fourth-order valence-corrected chi connectivity index (χ4v) is 2.68. The summed E-state index contributed by atoms with van der Waals surface area (Å²) in [6.07, 6.45) is 2.18. The highest BCUT2D eigenvalue weighted by Gasteiger charge is 2.60. The van der Waals surface area contributed by atoms with Gasteiger partial charge in [0.2, 0.25) is 5.91 Å². The Morgan fingerprint density at radius 1 is 1.30 bits per heavy atom. The minimum absolute atomic E-state index is 0.00757. The van der Waals surface area contributed by atoms with Crippen LogP contribution in [0.1, 0.15) is 33.3 Å². The fourth-order valence-electron chi connectivity index (χ4n) is 2.68. The summed E-state index contributed by atoms with van der Waals surface area (Å²) in [4.78, 5) is 17.4. The van der Waals surface area contributed by atoms with E-state index in [4.69, 9.17) is 4.84 Å². The molecule has 1 aromatic carbocycles. The molecular formula is C17H23NO2. The van der Waals surface area contributed by atoms with Gasteiger partial charge in [-0.2, -0.15) is 0 Å². The minimum Gasteiger partial charge on any atom is -0.272 e. The van der Waals surface area contributed by atoms with Gasteiger partial charge in [-0.1, -0.05) is 55.8 Å². The van der Waals surface area contributed by atoms with Crippen LogP contribution in [0.5, 0.6) is 0 Å². The van der Waals surface area contributed by atoms with E-state index < -0.39 is 0 Å². The molecule has 3 heteroatoms. The molecule has 20 heavy (non-hydrogen) atoms. The number of allylic oxidation sites excluding steroid dienone is 2. The smallest absolute Gasteiger partial charge is 0.247 e. The number of carbonyl (C=O) groups excluding carboxylic acids is 1. The van der Waals surface area contributed by atoms with Crippen LogP contribution in [-0.4, -0.2) is 5.91 Å². The van der Waals surface area contributed by atoms with Gasteiger partial charge >= 0.3 is 0 Å². The molecule has 0 saturated heterocycles. The zero-order valence-corrected chi connectivity index (χ0v) is 12.6. The van der Waals surface area contributed by atoms with Crippen LogP contribution in [0.3, 0.4) is 0 Å². The van der Waals surface area contributed by atoms with Crippen molar-refractivity contribution in [3.05, 3.63) is 47.5 Å². The Balaban J connectivity index is 1.83. The molecule has 0 bridgehead atoms. The molecule has 0 heterocycles. The standard InChI is InChI=1S/C17H23NO2/c1-12(2)10-14-15(17(14,3)4)16(19)18-20-11-13-8-6-5-7-9-13/h5-10,14-15H,11H2,1-4H3,(H,18,19)/t14-,15-/m0/s1. The van der Waals surface area contributed by atoms with Crippen LogP contribution in [0.15, 0.2) is 42.0 Å². The first-order chi connectivity index (χ1) is 9.43. The highest BCUT2D eigenvalue weighted by molar-refractivity contribution is 5.82. The van der Waals surface area contributed by atoms with Crippen LogP contribution in [0.25, 0.3) is 0 Å².